The number of carbonyl (C=O) groups excluding carboxylic acids is 2. The lowest BCUT2D eigenvalue weighted by atomic mass is 10.0. The topological polar surface area (TPSA) is 134 Å². The third-order valence-electron chi connectivity index (χ3n) is 13.1. The highest BCUT2D eigenvalue weighted by Crippen LogP contribution is 2.43. The molecule has 0 saturated carbocycles. The van der Waals surface area contributed by atoms with Crippen LogP contribution in [-0.2, 0) is 32.7 Å². The van der Waals surface area contributed by atoms with Gasteiger partial charge in [-0.2, -0.15) is 0 Å². The van der Waals surface area contributed by atoms with Gasteiger partial charge in [-0.3, -0.25) is 18.6 Å². The van der Waals surface area contributed by atoms with Gasteiger partial charge in [0.1, 0.15) is 6.61 Å². The lowest BCUT2D eigenvalue weighted by Gasteiger charge is -2.19. The van der Waals surface area contributed by atoms with E-state index >= 15 is 0 Å². The van der Waals surface area contributed by atoms with Crippen LogP contribution in [0.1, 0.15) is 303 Å². The predicted molar refractivity (Wildman–Crippen MR) is 289 cm³/mol. The zero-order chi connectivity index (χ0) is 49.5. The van der Waals surface area contributed by atoms with E-state index in [9.17, 15) is 19.0 Å². The maximum absolute atomic E-state index is 12.6. The van der Waals surface area contributed by atoms with Crippen LogP contribution in [0.3, 0.4) is 0 Å². The molecule has 0 radical (unpaired) electrons. The molecule has 0 aliphatic carbocycles. The fourth-order valence-corrected chi connectivity index (χ4v) is 9.50. The SMILES string of the molecule is CCC/C=C\C/C=C\CCCCCCCC(=O)OC(COC(=O)CCCCCCCCCCCCCCCCCCCCCCCCCCCCCCCCCCCC)COP(=O)(O)OCCN. The van der Waals surface area contributed by atoms with Crippen LogP contribution in [0, 0.1) is 0 Å². The monoisotopic (exact) mass is 982 g/mol. The summed E-state index contributed by atoms with van der Waals surface area (Å²) in [6.45, 7) is 3.70. The third-order valence-corrected chi connectivity index (χ3v) is 14.1. The molecular weight excluding hydrogens is 870 g/mol. The van der Waals surface area contributed by atoms with Gasteiger partial charge in [-0.1, -0.05) is 276 Å². The molecular formula is C58H112NO8P. The van der Waals surface area contributed by atoms with Gasteiger partial charge >= 0.3 is 19.8 Å². The number of phosphoric acid groups is 1. The van der Waals surface area contributed by atoms with Crippen molar-refractivity contribution >= 4 is 19.8 Å². The quantitative estimate of drug-likeness (QED) is 0.0264. The standard InChI is InChI=1S/C58H112NO8P/c1-3-5-7-9-11-13-15-17-18-19-20-21-22-23-24-25-26-27-28-29-30-31-32-33-34-35-36-37-39-40-42-44-46-48-50-57(60)64-54-56(55-66-68(62,63)65-53-52-59)67-58(61)51-49-47-45-43-41-38-16-14-12-10-8-6-4-2/h8,10,14,16,56H,3-7,9,11-13,15,17-55,59H2,1-2H3,(H,62,63)/b10-8-,16-14-. The van der Waals surface area contributed by atoms with Gasteiger partial charge in [0.15, 0.2) is 6.10 Å². The first-order chi connectivity index (χ1) is 33.3. The molecule has 0 spiro atoms. The van der Waals surface area contributed by atoms with Gasteiger partial charge in [0.2, 0.25) is 0 Å². The van der Waals surface area contributed by atoms with E-state index in [1.54, 1.807) is 0 Å². The van der Waals surface area contributed by atoms with Crippen LogP contribution >= 0.6 is 7.82 Å². The lowest BCUT2D eigenvalue weighted by Crippen LogP contribution is -2.29. The molecule has 0 fully saturated rings. The van der Waals surface area contributed by atoms with Crippen LogP contribution in [-0.4, -0.2) is 49.3 Å². The van der Waals surface area contributed by atoms with Gasteiger partial charge in [-0.05, 0) is 38.5 Å². The Labute approximate surface area is 421 Å². The van der Waals surface area contributed by atoms with Crippen molar-refractivity contribution in [3.05, 3.63) is 24.3 Å². The van der Waals surface area contributed by atoms with E-state index in [-0.39, 0.29) is 38.6 Å². The molecule has 0 amide bonds. The number of unbranched alkanes of at least 4 members (excludes halogenated alkanes) is 39. The summed E-state index contributed by atoms with van der Waals surface area (Å²) in [6.07, 6.45) is 64.2. The van der Waals surface area contributed by atoms with Gasteiger partial charge in [0, 0.05) is 19.4 Å². The largest absolute Gasteiger partial charge is 0.472 e. The van der Waals surface area contributed by atoms with Gasteiger partial charge in [-0.25, -0.2) is 4.57 Å². The van der Waals surface area contributed by atoms with Crippen LogP contribution in [0.15, 0.2) is 24.3 Å². The summed E-state index contributed by atoms with van der Waals surface area (Å²) >= 11 is 0. The van der Waals surface area contributed by atoms with Crippen LogP contribution in [0.5, 0.6) is 0 Å². The van der Waals surface area contributed by atoms with Gasteiger partial charge < -0.3 is 20.1 Å². The number of carbonyl (C=O) groups is 2. The van der Waals surface area contributed by atoms with Crippen molar-refractivity contribution in [3.63, 3.8) is 0 Å². The summed E-state index contributed by atoms with van der Waals surface area (Å²) in [5.74, 6) is -0.831. The highest BCUT2D eigenvalue weighted by atomic mass is 31.2. The average Bonchev–Trinajstić information content (AvgIpc) is 3.33. The first-order valence-electron chi connectivity index (χ1n) is 29.3. The molecule has 9 nitrogen and oxygen atoms in total. The van der Waals surface area contributed by atoms with Crippen molar-refractivity contribution in [2.45, 2.75) is 309 Å². The minimum Gasteiger partial charge on any atom is -0.462 e. The molecule has 0 aromatic heterocycles. The zero-order valence-electron chi connectivity index (χ0n) is 44.9. The molecule has 0 aromatic carbocycles. The Balaban J connectivity index is 3.76. The number of phosphoric ester groups is 1. The zero-order valence-corrected chi connectivity index (χ0v) is 45.8. The Morgan fingerprint density at radius 1 is 0.441 bits per heavy atom. The van der Waals surface area contributed by atoms with Crippen LogP contribution in [0.2, 0.25) is 0 Å². The number of hydrogen-bond donors (Lipinski definition) is 2. The second-order valence-electron chi connectivity index (χ2n) is 19.9. The maximum Gasteiger partial charge on any atom is 0.472 e. The first kappa shape index (κ1) is 66.5. The number of rotatable bonds is 56. The van der Waals surface area contributed by atoms with Crippen molar-refractivity contribution in [3.8, 4) is 0 Å². The molecule has 0 aliphatic rings. The van der Waals surface area contributed by atoms with Crippen molar-refractivity contribution in [1.82, 2.24) is 0 Å². The van der Waals surface area contributed by atoms with E-state index in [0.717, 1.165) is 64.2 Å². The van der Waals surface area contributed by atoms with E-state index in [0.29, 0.717) is 6.42 Å². The highest BCUT2D eigenvalue weighted by molar-refractivity contribution is 7.47. The molecule has 0 saturated heterocycles. The molecule has 0 bridgehead atoms. The molecule has 3 N–H and O–H groups in total. The third kappa shape index (κ3) is 53.8. The summed E-state index contributed by atoms with van der Waals surface area (Å²) in [5, 5.41) is 0. The Morgan fingerprint density at radius 3 is 1.18 bits per heavy atom. The second kappa shape index (κ2) is 54.8. The summed E-state index contributed by atoms with van der Waals surface area (Å²) in [7, 11) is -4.38. The highest BCUT2D eigenvalue weighted by Gasteiger charge is 2.26. The van der Waals surface area contributed by atoms with Crippen LogP contribution in [0.4, 0.5) is 0 Å². The predicted octanol–water partition coefficient (Wildman–Crippen LogP) is 18.2. The van der Waals surface area contributed by atoms with Crippen molar-refractivity contribution in [2.75, 3.05) is 26.4 Å². The van der Waals surface area contributed by atoms with Crippen molar-refractivity contribution in [2.24, 2.45) is 5.73 Å². The van der Waals surface area contributed by atoms with Crippen LogP contribution < -0.4 is 5.73 Å². The summed E-state index contributed by atoms with van der Waals surface area (Å²) in [6, 6.07) is 0. The summed E-state index contributed by atoms with van der Waals surface area (Å²) in [5.41, 5.74) is 5.37. The number of ether oxygens (including phenoxy) is 2. The molecule has 2 unspecified atom stereocenters. The first-order valence-corrected chi connectivity index (χ1v) is 30.8. The minimum absolute atomic E-state index is 0.0527. The molecule has 68 heavy (non-hydrogen) atoms. The molecule has 0 heterocycles. The Morgan fingerprint density at radius 2 is 0.794 bits per heavy atom. The Hall–Kier alpha value is -1.51. The minimum atomic E-state index is -4.38. The molecule has 402 valence electrons. The summed E-state index contributed by atoms with van der Waals surface area (Å²) < 4.78 is 32.9. The Bertz CT molecular complexity index is 1170. The number of esters is 2. The molecule has 0 rings (SSSR count). The van der Waals surface area contributed by atoms with E-state index in [4.69, 9.17) is 24.3 Å². The number of allylic oxidation sites excluding steroid dienone is 4. The Kier molecular flexibility index (Phi) is 53.6. The lowest BCUT2D eigenvalue weighted by molar-refractivity contribution is -0.161. The van der Waals surface area contributed by atoms with E-state index in [1.807, 2.05) is 0 Å². The van der Waals surface area contributed by atoms with Gasteiger partial charge in [0.25, 0.3) is 0 Å². The van der Waals surface area contributed by atoms with Gasteiger partial charge in [-0.15, -0.1) is 0 Å². The normalized spacial score (nSPS) is 13.2. The molecule has 0 aromatic rings. The smallest absolute Gasteiger partial charge is 0.462 e. The van der Waals surface area contributed by atoms with E-state index < -0.39 is 26.5 Å². The molecule has 0 aliphatic heterocycles. The molecule has 10 heteroatoms. The average molecular weight is 983 g/mol. The van der Waals surface area contributed by atoms with Crippen molar-refractivity contribution < 1.29 is 37.6 Å². The van der Waals surface area contributed by atoms with Crippen LogP contribution in [0.25, 0.3) is 0 Å². The van der Waals surface area contributed by atoms with E-state index in [1.165, 1.54) is 205 Å². The summed E-state index contributed by atoms with van der Waals surface area (Å²) in [4.78, 5) is 35.0. The second-order valence-corrected chi connectivity index (χ2v) is 21.3. The number of nitrogens with two attached hydrogens (primary N) is 1. The van der Waals surface area contributed by atoms with Gasteiger partial charge in [0.05, 0.1) is 13.2 Å². The fraction of sp³-hybridized carbons (Fsp3) is 0.897. The maximum atomic E-state index is 12.6. The number of hydrogen-bond acceptors (Lipinski definition) is 8. The fourth-order valence-electron chi connectivity index (χ4n) is 8.74. The van der Waals surface area contributed by atoms with E-state index in [2.05, 4.69) is 38.2 Å². The molecule has 2 atom stereocenters. The van der Waals surface area contributed by atoms with Crippen molar-refractivity contribution in [1.29, 1.82) is 0 Å².